The second kappa shape index (κ2) is 15.9. The van der Waals surface area contributed by atoms with E-state index in [4.69, 9.17) is 9.26 Å². The monoisotopic (exact) mass is 520 g/mol. The summed E-state index contributed by atoms with van der Waals surface area (Å²) in [6.07, 6.45) is 12.7. The molecule has 1 heterocycles. The Labute approximate surface area is 194 Å². The lowest BCUT2D eigenvalue weighted by Gasteiger charge is -2.21. The number of guanidine groups is 1. The van der Waals surface area contributed by atoms with Crippen LogP contribution in [0.1, 0.15) is 95.4 Å². The highest BCUT2D eigenvalue weighted by Gasteiger charge is 2.14. The van der Waals surface area contributed by atoms with Crippen molar-refractivity contribution in [3.63, 3.8) is 0 Å². The second-order valence-corrected chi connectivity index (χ2v) is 7.78. The van der Waals surface area contributed by atoms with E-state index in [1.165, 1.54) is 38.5 Å². The number of ether oxygens (including phenoxy) is 1. The third-order valence-electron chi connectivity index (χ3n) is 5.65. The van der Waals surface area contributed by atoms with E-state index in [1.807, 2.05) is 0 Å². The minimum absolute atomic E-state index is 0. The van der Waals surface area contributed by atoms with E-state index in [0.29, 0.717) is 18.6 Å². The smallest absolute Gasteiger partial charge is 0.191 e. The van der Waals surface area contributed by atoms with Crippen LogP contribution >= 0.6 is 24.0 Å². The topological polar surface area (TPSA) is 71.7 Å². The first-order valence-electron chi connectivity index (χ1n) is 11.3. The van der Waals surface area contributed by atoms with Gasteiger partial charge in [0.1, 0.15) is 0 Å². The van der Waals surface area contributed by atoms with Crippen LogP contribution in [0.4, 0.5) is 0 Å². The molecule has 0 aromatic carbocycles. The predicted molar refractivity (Wildman–Crippen MR) is 130 cm³/mol. The normalized spacial score (nSPS) is 15.4. The van der Waals surface area contributed by atoms with Gasteiger partial charge in [-0.15, -0.1) is 24.0 Å². The van der Waals surface area contributed by atoms with Crippen LogP contribution in [0.2, 0.25) is 0 Å². The highest BCUT2D eigenvalue weighted by atomic mass is 127. The number of nitrogens with zero attached hydrogens (tertiary/aromatic N) is 2. The lowest BCUT2D eigenvalue weighted by molar-refractivity contribution is 0.0264. The molecule has 0 aliphatic heterocycles. The van der Waals surface area contributed by atoms with Crippen LogP contribution in [-0.4, -0.2) is 37.4 Å². The summed E-state index contributed by atoms with van der Waals surface area (Å²) in [5.74, 6) is 2.14. The Bertz CT molecular complexity index is 555. The summed E-state index contributed by atoms with van der Waals surface area (Å²) >= 11 is 0. The molecule has 7 heteroatoms. The zero-order valence-electron chi connectivity index (χ0n) is 18.5. The van der Waals surface area contributed by atoms with Crippen LogP contribution in [0.15, 0.2) is 15.6 Å². The van der Waals surface area contributed by atoms with Gasteiger partial charge in [0.2, 0.25) is 0 Å². The summed E-state index contributed by atoms with van der Waals surface area (Å²) < 4.78 is 11.4. The molecule has 2 N–H and O–H groups in total. The van der Waals surface area contributed by atoms with Gasteiger partial charge in [-0.05, 0) is 44.9 Å². The average Bonchev–Trinajstić information content (AvgIpc) is 3.20. The minimum Gasteiger partial charge on any atom is -0.378 e. The van der Waals surface area contributed by atoms with Crippen molar-refractivity contribution in [2.24, 2.45) is 4.99 Å². The van der Waals surface area contributed by atoms with Crippen LogP contribution in [0.25, 0.3) is 0 Å². The van der Waals surface area contributed by atoms with Crippen LogP contribution in [-0.2, 0) is 11.3 Å². The van der Waals surface area contributed by atoms with E-state index in [0.717, 1.165) is 56.2 Å². The molecule has 1 aliphatic carbocycles. The summed E-state index contributed by atoms with van der Waals surface area (Å²) in [5.41, 5.74) is 1.06. The second-order valence-electron chi connectivity index (χ2n) is 7.78. The molecule has 1 aromatic rings. The molecule has 2 rings (SSSR count). The summed E-state index contributed by atoms with van der Waals surface area (Å²) in [4.78, 5) is 4.28. The molecule has 0 radical (unpaired) electrons. The number of aliphatic imine (C=N–C) groups is 1. The molecule has 0 spiro atoms. The Morgan fingerprint density at radius 2 is 1.93 bits per heavy atom. The minimum atomic E-state index is 0. The van der Waals surface area contributed by atoms with Crippen LogP contribution < -0.4 is 10.6 Å². The SMILES string of the molecule is CCC(CC)c1cc(CNC(=NC)NCCCCCOC2CCCCC2)on1.I. The van der Waals surface area contributed by atoms with Gasteiger partial charge < -0.3 is 19.9 Å². The standard InChI is InChI=1S/C22H40N4O2.HI/c1-4-18(5-2)21-16-20(28-26-21)17-25-22(23-3)24-14-10-7-11-15-27-19-12-8-6-9-13-19;/h16,18-19H,4-15,17H2,1-3H3,(H2,23,24,25);1H. The van der Waals surface area contributed by atoms with Crippen molar-refractivity contribution in [2.75, 3.05) is 20.2 Å². The van der Waals surface area contributed by atoms with Crippen LogP contribution in [0, 0.1) is 0 Å². The summed E-state index contributed by atoms with van der Waals surface area (Å²) in [6, 6.07) is 2.06. The largest absolute Gasteiger partial charge is 0.378 e. The lowest BCUT2D eigenvalue weighted by Crippen LogP contribution is -2.37. The Morgan fingerprint density at radius 3 is 2.62 bits per heavy atom. The first kappa shape index (κ1) is 26.2. The third kappa shape index (κ3) is 10.2. The molecular formula is C22H41IN4O2. The molecule has 0 unspecified atom stereocenters. The zero-order valence-corrected chi connectivity index (χ0v) is 20.9. The molecule has 29 heavy (non-hydrogen) atoms. The average molecular weight is 521 g/mol. The van der Waals surface area contributed by atoms with Crippen molar-refractivity contribution in [1.29, 1.82) is 0 Å². The maximum absolute atomic E-state index is 5.98. The number of hydrogen-bond donors (Lipinski definition) is 2. The Kier molecular flexibility index (Phi) is 14.4. The predicted octanol–water partition coefficient (Wildman–Crippen LogP) is 5.38. The highest BCUT2D eigenvalue weighted by Crippen LogP contribution is 2.22. The molecule has 0 amide bonds. The number of rotatable bonds is 12. The fraction of sp³-hybridized carbons (Fsp3) is 0.818. The van der Waals surface area contributed by atoms with Crippen LogP contribution in [0.5, 0.6) is 0 Å². The van der Waals surface area contributed by atoms with E-state index in [1.54, 1.807) is 7.05 Å². The number of aromatic nitrogens is 1. The van der Waals surface area contributed by atoms with E-state index in [2.05, 4.69) is 40.7 Å². The van der Waals surface area contributed by atoms with Crippen molar-refractivity contribution in [2.45, 2.75) is 96.6 Å². The van der Waals surface area contributed by atoms with Gasteiger partial charge in [-0.3, -0.25) is 4.99 Å². The molecular weight excluding hydrogens is 479 g/mol. The number of nitrogens with one attached hydrogen (secondary N) is 2. The van der Waals surface area contributed by atoms with Gasteiger partial charge in [0.15, 0.2) is 11.7 Å². The summed E-state index contributed by atoms with van der Waals surface area (Å²) in [7, 11) is 1.79. The van der Waals surface area contributed by atoms with E-state index in [-0.39, 0.29) is 24.0 Å². The molecule has 0 atom stereocenters. The van der Waals surface area contributed by atoms with E-state index < -0.39 is 0 Å². The third-order valence-corrected chi connectivity index (χ3v) is 5.65. The molecule has 1 aromatic heterocycles. The number of halogens is 1. The molecule has 0 saturated heterocycles. The number of unbranched alkanes of at least 4 members (excludes halogenated alkanes) is 2. The Morgan fingerprint density at radius 1 is 1.17 bits per heavy atom. The van der Waals surface area contributed by atoms with E-state index >= 15 is 0 Å². The lowest BCUT2D eigenvalue weighted by atomic mass is 9.98. The van der Waals surface area contributed by atoms with Gasteiger partial charge >= 0.3 is 0 Å². The van der Waals surface area contributed by atoms with Crippen molar-refractivity contribution in [1.82, 2.24) is 15.8 Å². The van der Waals surface area contributed by atoms with Crippen molar-refractivity contribution >= 4 is 29.9 Å². The zero-order chi connectivity index (χ0) is 20.0. The molecule has 0 bridgehead atoms. The van der Waals surface area contributed by atoms with Gasteiger partial charge in [0, 0.05) is 32.2 Å². The first-order chi connectivity index (χ1) is 13.8. The quantitative estimate of drug-likeness (QED) is 0.168. The van der Waals surface area contributed by atoms with Crippen molar-refractivity contribution in [3.8, 4) is 0 Å². The van der Waals surface area contributed by atoms with Crippen LogP contribution in [0.3, 0.4) is 0 Å². The van der Waals surface area contributed by atoms with Crippen molar-refractivity contribution < 1.29 is 9.26 Å². The fourth-order valence-corrected chi connectivity index (χ4v) is 3.80. The molecule has 1 aliphatic rings. The van der Waals surface area contributed by atoms with Gasteiger partial charge in [-0.25, -0.2) is 0 Å². The molecule has 168 valence electrons. The van der Waals surface area contributed by atoms with Gasteiger partial charge in [0.05, 0.1) is 18.3 Å². The Balaban J connectivity index is 0.00000420. The maximum Gasteiger partial charge on any atom is 0.191 e. The van der Waals surface area contributed by atoms with Crippen molar-refractivity contribution in [3.05, 3.63) is 17.5 Å². The van der Waals surface area contributed by atoms with Gasteiger partial charge in [-0.1, -0.05) is 38.3 Å². The summed E-state index contributed by atoms with van der Waals surface area (Å²) in [5, 5.41) is 10.9. The van der Waals surface area contributed by atoms with E-state index in [9.17, 15) is 0 Å². The summed E-state index contributed by atoms with van der Waals surface area (Å²) in [6.45, 7) is 6.80. The number of hydrogen-bond acceptors (Lipinski definition) is 4. The molecule has 1 saturated carbocycles. The van der Waals surface area contributed by atoms with Gasteiger partial charge in [-0.2, -0.15) is 0 Å². The maximum atomic E-state index is 5.98. The highest BCUT2D eigenvalue weighted by molar-refractivity contribution is 14.0. The first-order valence-corrected chi connectivity index (χ1v) is 11.3. The van der Waals surface area contributed by atoms with Gasteiger partial charge in [0.25, 0.3) is 0 Å². The fourth-order valence-electron chi connectivity index (χ4n) is 3.80. The molecule has 1 fully saturated rings. The Hall–Kier alpha value is -0.830. The molecule has 6 nitrogen and oxygen atoms in total.